The normalized spacial score (nSPS) is 12.9. The van der Waals surface area contributed by atoms with Crippen molar-refractivity contribution in [2.75, 3.05) is 17.3 Å². The van der Waals surface area contributed by atoms with Crippen molar-refractivity contribution in [2.45, 2.75) is 17.9 Å². The number of para-hydroxylation sites is 1. The summed E-state index contributed by atoms with van der Waals surface area (Å²) in [6.07, 6.45) is 1.12. The average molecular weight is 308 g/mol. The van der Waals surface area contributed by atoms with Crippen molar-refractivity contribution >= 4 is 21.2 Å². The molecule has 0 saturated carbocycles. The van der Waals surface area contributed by atoms with Gasteiger partial charge in [-0.2, -0.15) is 0 Å². The van der Waals surface area contributed by atoms with E-state index in [2.05, 4.69) is 5.32 Å². The van der Waals surface area contributed by atoms with E-state index in [1.807, 2.05) is 6.92 Å². The van der Waals surface area contributed by atoms with Gasteiger partial charge in [0, 0.05) is 12.3 Å². The molecule has 0 saturated heterocycles. The Morgan fingerprint density at radius 2 is 1.76 bits per heavy atom. The number of anilines is 2. The highest BCUT2D eigenvalue weighted by molar-refractivity contribution is 7.90. The maximum absolute atomic E-state index is 12.9. The van der Waals surface area contributed by atoms with Crippen LogP contribution in [0.15, 0.2) is 47.4 Å². The van der Waals surface area contributed by atoms with Crippen LogP contribution >= 0.6 is 0 Å². The standard InChI is InChI=1S/C15H17FN2O2S/c1-10(11-6-8-12(16)9-7-11)18-13-4-3-5-14(15(13)17)21(2,19)20/h3-10,18H,17H2,1-2H3. The molecule has 0 aliphatic heterocycles. The first-order chi connectivity index (χ1) is 9.79. The Kier molecular flexibility index (Phi) is 4.18. The third-order valence-corrected chi connectivity index (χ3v) is 4.36. The van der Waals surface area contributed by atoms with Crippen molar-refractivity contribution in [2.24, 2.45) is 0 Å². The number of rotatable bonds is 4. The molecule has 112 valence electrons. The quantitative estimate of drug-likeness (QED) is 0.852. The van der Waals surface area contributed by atoms with Gasteiger partial charge >= 0.3 is 0 Å². The summed E-state index contributed by atoms with van der Waals surface area (Å²) in [7, 11) is -3.38. The Morgan fingerprint density at radius 3 is 2.33 bits per heavy atom. The van der Waals surface area contributed by atoms with Gasteiger partial charge in [0.25, 0.3) is 0 Å². The van der Waals surface area contributed by atoms with Crippen molar-refractivity contribution in [3.63, 3.8) is 0 Å². The molecule has 0 spiro atoms. The molecule has 0 bridgehead atoms. The molecule has 0 aliphatic carbocycles. The molecule has 1 atom stereocenters. The SMILES string of the molecule is CC(Nc1cccc(S(C)(=O)=O)c1N)c1ccc(F)cc1. The monoisotopic (exact) mass is 308 g/mol. The van der Waals surface area contributed by atoms with E-state index >= 15 is 0 Å². The van der Waals surface area contributed by atoms with Crippen LogP contribution in [0.5, 0.6) is 0 Å². The minimum Gasteiger partial charge on any atom is -0.396 e. The summed E-state index contributed by atoms with van der Waals surface area (Å²) in [6, 6.07) is 10.8. The van der Waals surface area contributed by atoms with Crippen LogP contribution in [0.4, 0.5) is 15.8 Å². The first kappa shape index (κ1) is 15.3. The summed E-state index contributed by atoms with van der Waals surface area (Å²) >= 11 is 0. The second-order valence-corrected chi connectivity index (χ2v) is 6.89. The van der Waals surface area contributed by atoms with E-state index in [1.165, 1.54) is 18.2 Å². The summed E-state index contributed by atoms with van der Waals surface area (Å²) in [5.41, 5.74) is 7.52. The maximum Gasteiger partial charge on any atom is 0.177 e. The lowest BCUT2D eigenvalue weighted by molar-refractivity contribution is 0.602. The Labute approximate surface area is 123 Å². The van der Waals surface area contributed by atoms with Gasteiger partial charge in [-0.1, -0.05) is 18.2 Å². The van der Waals surface area contributed by atoms with E-state index in [4.69, 9.17) is 5.73 Å². The molecule has 2 aromatic carbocycles. The summed E-state index contributed by atoms with van der Waals surface area (Å²) < 4.78 is 36.2. The van der Waals surface area contributed by atoms with Gasteiger partial charge in [0.15, 0.2) is 9.84 Å². The smallest absolute Gasteiger partial charge is 0.177 e. The van der Waals surface area contributed by atoms with Crippen molar-refractivity contribution < 1.29 is 12.8 Å². The van der Waals surface area contributed by atoms with E-state index in [0.717, 1.165) is 11.8 Å². The van der Waals surface area contributed by atoms with Crippen molar-refractivity contribution in [1.82, 2.24) is 0 Å². The zero-order valence-corrected chi connectivity index (χ0v) is 12.6. The summed E-state index contributed by atoms with van der Waals surface area (Å²) in [4.78, 5) is 0.0961. The number of hydrogen-bond donors (Lipinski definition) is 2. The molecule has 0 aliphatic rings. The second-order valence-electron chi connectivity index (χ2n) is 4.91. The van der Waals surface area contributed by atoms with E-state index in [9.17, 15) is 12.8 Å². The van der Waals surface area contributed by atoms with Crippen LogP contribution in [-0.4, -0.2) is 14.7 Å². The average Bonchev–Trinajstić information content (AvgIpc) is 2.40. The number of halogens is 1. The Hall–Kier alpha value is -2.08. The Bertz CT molecular complexity index is 743. The predicted molar refractivity (Wildman–Crippen MR) is 82.4 cm³/mol. The molecule has 0 fully saturated rings. The first-order valence-corrected chi connectivity index (χ1v) is 8.28. The van der Waals surface area contributed by atoms with Crippen LogP contribution in [-0.2, 0) is 9.84 Å². The summed E-state index contributed by atoms with van der Waals surface area (Å²) in [5, 5.41) is 3.15. The highest BCUT2D eigenvalue weighted by Crippen LogP contribution is 2.29. The maximum atomic E-state index is 12.9. The third-order valence-electron chi connectivity index (χ3n) is 3.21. The van der Waals surface area contributed by atoms with Gasteiger partial charge in [0.05, 0.1) is 16.3 Å². The molecule has 0 heterocycles. The molecule has 21 heavy (non-hydrogen) atoms. The highest BCUT2D eigenvalue weighted by atomic mass is 32.2. The second kappa shape index (κ2) is 5.73. The topological polar surface area (TPSA) is 72.2 Å². The van der Waals surface area contributed by atoms with E-state index < -0.39 is 9.84 Å². The van der Waals surface area contributed by atoms with Gasteiger partial charge < -0.3 is 11.1 Å². The van der Waals surface area contributed by atoms with Gasteiger partial charge in [-0.25, -0.2) is 12.8 Å². The van der Waals surface area contributed by atoms with Crippen LogP contribution in [0.3, 0.4) is 0 Å². The molecular formula is C15H17FN2O2S. The number of benzene rings is 2. The Morgan fingerprint density at radius 1 is 1.14 bits per heavy atom. The molecule has 4 nitrogen and oxygen atoms in total. The number of hydrogen-bond acceptors (Lipinski definition) is 4. The van der Waals surface area contributed by atoms with Crippen LogP contribution < -0.4 is 11.1 Å². The fourth-order valence-corrected chi connectivity index (χ4v) is 2.90. The molecule has 6 heteroatoms. The van der Waals surface area contributed by atoms with Crippen molar-refractivity contribution in [1.29, 1.82) is 0 Å². The first-order valence-electron chi connectivity index (χ1n) is 6.39. The lowest BCUT2D eigenvalue weighted by Gasteiger charge is -2.18. The molecule has 0 radical (unpaired) electrons. The minimum absolute atomic E-state index is 0.0961. The van der Waals surface area contributed by atoms with Crippen LogP contribution in [0, 0.1) is 5.82 Å². The molecule has 3 N–H and O–H groups in total. The Balaban J connectivity index is 2.30. The molecule has 2 aromatic rings. The van der Waals surface area contributed by atoms with Gasteiger partial charge in [-0.3, -0.25) is 0 Å². The highest BCUT2D eigenvalue weighted by Gasteiger charge is 2.15. The summed E-state index contributed by atoms with van der Waals surface area (Å²) in [6.45, 7) is 1.89. The minimum atomic E-state index is -3.38. The molecule has 1 unspecified atom stereocenters. The number of sulfone groups is 1. The van der Waals surface area contributed by atoms with Crippen molar-refractivity contribution in [3.8, 4) is 0 Å². The number of nitrogen functional groups attached to an aromatic ring is 1. The third kappa shape index (κ3) is 3.52. The van der Waals surface area contributed by atoms with E-state index in [0.29, 0.717) is 5.69 Å². The van der Waals surface area contributed by atoms with Crippen LogP contribution in [0.2, 0.25) is 0 Å². The number of nitrogens with two attached hydrogens (primary N) is 1. The molecule has 0 amide bonds. The van der Waals surface area contributed by atoms with Gasteiger partial charge in [-0.15, -0.1) is 0 Å². The zero-order chi connectivity index (χ0) is 15.6. The summed E-state index contributed by atoms with van der Waals surface area (Å²) in [5.74, 6) is -0.301. The van der Waals surface area contributed by atoms with Crippen LogP contribution in [0.25, 0.3) is 0 Å². The largest absolute Gasteiger partial charge is 0.396 e. The predicted octanol–water partition coefficient (Wildman–Crippen LogP) is 2.98. The van der Waals surface area contributed by atoms with E-state index in [1.54, 1.807) is 24.3 Å². The van der Waals surface area contributed by atoms with Gasteiger partial charge in [-0.05, 0) is 36.8 Å². The zero-order valence-electron chi connectivity index (χ0n) is 11.8. The molecule has 2 rings (SSSR count). The van der Waals surface area contributed by atoms with Gasteiger partial charge in [0.2, 0.25) is 0 Å². The van der Waals surface area contributed by atoms with Gasteiger partial charge in [0.1, 0.15) is 5.82 Å². The fourth-order valence-electron chi connectivity index (χ4n) is 2.06. The number of nitrogens with one attached hydrogen (secondary N) is 1. The lowest BCUT2D eigenvalue weighted by Crippen LogP contribution is -2.11. The van der Waals surface area contributed by atoms with Crippen molar-refractivity contribution in [3.05, 3.63) is 53.8 Å². The fraction of sp³-hybridized carbons (Fsp3) is 0.200. The van der Waals surface area contributed by atoms with Crippen LogP contribution in [0.1, 0.15) is 18.5 Å². The van der Waals surface area contributed by atoms with E-state index in [-0.39, 0.29) is 22.4 Å². The molecular weight excluding hydrogens is 291 g/mol. The molecule has 0 aromatic heterocycles. The lowest BCUT2D eigenvalue weighted by atomic mass is 10.1.